The molecule has 0 radical (unpaired) electrons. The van der Waals surface area contributed by atoms with Gasteiger partial charge in [-0.3, -0.25) is 0 Å². The minimum Gasteiger partial charge on any atom is -0.463 e. The van der Waals surface area contributed by atoms with E-state index in [-0.39, 0.29) is 17.9 Å². The van der Waals surface area contributed by atoms with Crippen LogP contribution in [0.1, 0.15) is 41.0 Å². The third kappa shape index (κ3) is 4.25. The van der Waals surface area contributed by atoms with E-state index < -0.39 is 0 Å². The van der Waals surface area contributed by atoms with E-state index >= 15 is 0 Å². The summed E-state index contributed by atoms with van der Waals surface area (Å²) in [4.78, 5) is 19.1. The molecular formula is C22H24ClN3O2S2. The van der Waals surface area contributed by atoms with Crippen molar-refractivity contribution in [1.82, 2.24) is 4.98 Å². The van der Waals surface area contributed by atoms with Crippen molar-refractivity contribution < 1.29 is 9.53 Å². The van der Waals surface area contributed by atoms with Crippen LogP contribution in [-0.4, -0.2) is 23.6 Å². The molecule has 0 aliphatic heterocycles. The average Bonchev–Trinajstić information content (AvgIpc) is 3.35. The summed E-state index contributed by atoms with van der Waals surface area (Å²) >= 11 is 9.78. The van der Waals surface area contributed by atoms with Crippen LogP contribution in [0.25, 0.3) is 10.2 Å². The number of carbonyl (C=O) groups excluding carboxylic acids is 1. The maximum atomic E-state index is 12.1. The Morgan fingerprint density at radius 3 is 3.00 bits per heavy atom. The maximum absolute atomic E-state index is 12.1. The molecule has 3 N–H and O–H groups in total. The Kier molecular flexibility index (Phi) is 6.43. The second kappa shape index (κ2) is 9.06. The molecular weight excluding hydrogens is 438 g/mol. The molecule has 158 valence electrons. The van der Waals surface area contributed by atoms with Gasteiger partial charge in [0.2, 0.25) is 0 Å². The number of fused-ring (bicyclic) bond motifs is 1. The second-order valence-electron chi connectivity index (χ2n) is 7.35. The Morgan fingerprint density at radius 1 is 1.47 bits per heavy atom. The molecule has 2 atom stereocenters. The summed E-state index contributed by atoms with van der Waals surface area (Å²) in [5, 5.41) is 6.06. The predicted molar refractivity (Wildman–Crippen MR) is 126 cm³/mol. The highest BCUT2D eigenvalue weighted by Crippen LogP contribution is 2.43. The molecule has 0 spiro atoms. The molecule has 1 aliphatic rings. The van der Waals surface area contributed by atoms with Gasteiger partial charge in [-0.1, -0.05) is 23.7 Å². The molecule has 0 saturated carbocycles. The van der Waals surface area contributed by atoms with Crippen LogP contribution in [0.5, 0.6) is 0 Å². The van der Waals surface area contributed by atoms with Crippen LogP contribution in [0.4, 0.5) is 5.69 Å². The van der Waals surface area contributed by atoms with Gasteiger partial charge >= 0.3 is 5.97 Å². The zero-order valence-corrected chi connectivity index (χ0v) is 19.3. The van der Waals surface area contributed by atoms with Crippen molar-refractivity contribution in [2.24, 2.45) is 5.73 Å². The summed E-state index contributed by atoms with van der Waals surface area (Å²) < 4.78 is 6.23. The minimum absolute atomic E-state index is 0.140. The van der Waals surface area contributed by atoms with E-state index in [1.54, 1.807) is 22.7 Å². The van der Waals surface area contributed by atoms with E-state index in [0.29, 0.717) is 30.2 Å². The van der Waals surface area contributed by atoms with E-state index in [2.05, 4.69) is 28.7 Å². The van der Waals surface area contributed by atoms with Crippen molar-refractivity contribution in [3.63, 3.8) is 0 Å². The fourth-order valence-corrected chi connectivity index (χ4v) is 6.13. The van der Waals surface area contributed by atoms with Crippen molar-refractivity contribution in [2.75, 3.05) is 11.9 Å². The first kappa shape index (κ1) is 21.3. The molecule has 0 unspecified atom stereocenters. The standard InChI is InChI=1S/C22H24ClN3O2S2/c1-3-28-22(27)13-6-7-15(16(24)9-13)20-12(2)19-21(30-20)17(10-18(23)26-19)25-11-14-5-4-8-29-14/h4-6,8,10,15-16H,3,7,9,11,24H2,1-2H3,(H,25,26)/t15-,16-/m0/s1. The Bertz CT molecular complexity index is 1090. The highest BCUT2D eigenvalue weighted by atomic mass is 35.5. The number of nitrogens with one attached hydrogen (secondary N) is 1. The number of pyridine rings is 1. The first-order valence-electron chi connectivity index (χ1n) is 9.95. The second-order valence-corrected chi connectivity index (χ2v) is 9.83. The molecule has 1 aliphatic carbocycles. The van der Waals surface area contributed by atoms with E-state index in [4.69, 9.17) is 22.1 Å². The number of nitrogens with two attached hydrogens (primary N) is 1. The lowest BCUT2D eigenvalue weighted by molar-refractivity contribution is -0.138. The third-order valence-corrected chi connectivity index (χ3v) is 7.89. The first-order valence-corrected chi connectivity index (χ1v) is 12.0. The van der Waals surface area contributed by atoms with Crippen LogP contribution in [0.15, 0.2) is 35.2 Å². The molecule has 3 heterocycles. The number of halogens is 1. The van der Waals surface area contributed by atoms with Crippen LogP contribution in [0, 0.1) is 6.92 Å². The number of carbonyl (C=O) groups is 1. The Hall–Kier alpha value is -1.93. The molecule has 30 heavy (non-hydrogen) atoms. The Morgan fingerprint density at radius 2 is 2.30 bits per heavy atom. The van der Waals surface area contributed by atoms with Gasteiger partial charge in [-0.2, -0.15) is 0 Å². The minimum atomic E-state index is -0.257. The largest absolute Gasteiger partial charge is 0.463 e. The van der Waals surface area contributed by atoms with E-state index in [1.807, 2.05) is 25.1 Å². The van der Waals surface area contributed by atoms with E-state index in [9.17, 15) is 4.79 Å². The number of aromatic nitrogens is 1. The predicted octanol–water partition coefficient (Wildman–Crippen LogP) is 5.63. The Balaban J connectivity index is 1.64. The molecule has 0 amide bonds. The van der Waals surface area contributed by atoms with Gasteiger partial charge in [0.25, 0.3) is 0 Å². The fraction of sp³-hybridized carbons (Fsp3) is 0.364. The normalized spacial score (nSPS) is 19.0. The van der Waals surface area contributed by atoms with Crippen LogP contribution < -0.4 is 11.1 Å². The van der Waals surface area contributed by atoms with Crippen LogP contribution >= 0.6 is 34.3 Å². The topological polar surface area (TPSA) is 77.2 Å². The summed E-state index contributed by atoms with van der Waals surface area (Å²) in [6.07, 6.45) is 3.22. The highest BCUT2D eigenvalue weighted by molar-refractivity contribution is 7.20. The van der Waals surface area contributed by atoms with Gasteiger partial charge < -0.3 is 15.8 Å². The molecule has 5 nitrogen and oxygen atoms in total. The molecule has 0 aromatic carbocycles. The van der Waals surface area contributed by atoms with Gasteiger partial charge in [0, 0.05) is 39.9 Å². The summed E-state index contributed by atoms with van der Waals surface area (Å²) in [7, 11) is 0. The van der Waals surface area contributed by atoms with E-state index in [0.717, 1.165) is 28.0 Å². The number of rotatable bonds is 6. The summed E-state index contributed by atoms with van der Waals surface area (Å²) in [5.41, 5.74) is 10.2. The van der Waals surface area contributed by atoms with Gasteiger partial charge in [0.1, 0.15) is 5.15 Å². The molecule has 8 heteroatoms. The van der Waals surface area contributed by atoms with E-state index in [1.165, 1.54) is 9.75 Å². The lowest BCUT2D eigenvalue weighted by Crippen LogP contribution is -2.33. The molecule has 4 rings (SSSR count). The number of allylic oxidation sites excluding steroid dienone is 1. The highest BCUT2D eigenvalue weighted by Gasteiger charge is 2.31. The zero-order valence-electron chi connectivity index (χ0n) is 16.9. The van der Waals surface area contributed by atoms with Crippen LogP contribution in [-0.2, 0) is 16.1 Å². The Labute approximate surface area is 188 Å². The fourth-order valence-electron chi connectivity index (χ4n) is 3.86. The molecule has 3 aromatic heterocycles. The number of hydrogen-bond donors (Lipinski definition) is 2. The number of aryl methyl sites for hydroxylation is 1. The molecule has 0 fully saturated rings. The average molecular weight is 462 g/mol. The quantitative estimate of drug-likeness (QED) is 0.367. The number of anilines is 1. The molecule has 3 aromatic rings. The van der Waals surface area contributed by atoms with Crippen molar-refractivity contribution >= 4 is 56.1 Å². The molecule has 0 bridgehead atoms. The number of thiophene rings is 2. The van der Waals surface area contributed by atoms with Gasteiger partial charge in [0.15, 0.2) is 0 Å². The number of nitrogens with zero attached hydrogens (tertiary/aromatic N) is 1. The number of ether oxygens (including phenoxy) is 1. The third-order valence-electron chi connectivity index (χ3n) is 5.38. The number of hydrogen-bond acceptors (Lipinski definition) is 7. The SMILES string of the molecule is CCOC(=O)C1=CC[C@H](c2sc3c(NCc4cccs4)cc(Cl)nc3c2C)[C@@H](N)C1. The van der Waals surface area contributed by atoms with Crippen molar-refractivity contribution in [3.05, 3.63) is 55.7 Å². The van der Waals surface area contributed by atoms with Gasteiger partial charge in [-0.15, -0.1) is 22.7 Å². The van der Waals surface area contributed by atoms with Gasteiger partial charge in [-0.25, -0.2) is 9.78 Å². The summed E-state index contributed by atoms with van der Waals surface area (Å²) in [6, 6.07) is 5.90. The zero-order chi connectivity index (χ0) is 21.3. The summed E-state index contributed by atoms with van der Waals surface area (Å²) in [6.45, 7) is 5.01. The van der Waals surface area contributed by atoms with Crippen molar-refractivity contribution in [3.8, 4) is 0 Å². The first-order chi connectivity index (χ1) is 14.5. The van der Waals surface area contributed by atoms with Crippen molar-refractivity contribution in [2.45, 2.75) is 45.2 Å². The summed E-state index contributed by atoms with van der Waals surface area (Å²) in [5.74, 6) is -0.112. The van der Waals surface area contributed by atoms with Gasteiger partial charge in [0.05, 0.1) is 22.5 Å². The monoisotopic (exact) mass is 461 g/mol. The number of esters is 1. The maximum Gasteiger partial charge on any atom is 0.333 e. The lowest BCUT2D eigenvalue weighted by atomic mass is 9.83. The van der Waals surface area contributed by atoms with Crippen LogP contribution in [0.3, 0.4) is 0 Å². The smallest absolute Gasteiger partial charge is 0.333 e. The van der Waals surface area contributed by atoms with Crippen LogP contribution in [0.2, 0.25) is 5.15 Å². The lowest BCUT2D eigenvalue weighted by Gasteiger charge is -2.27. The van der Waals surface area contributed by atoms with Gasteiger partial charge in [-0.05, 0) is 43.7 Å². The molecule has 0 saturated heterocycles. The van der Waals surface area contributed by atoms with Crippen molar-refractivity contribution in [1.29, 1.82) is 0 Å².